The molecule has 0 radical (unpaired) electrons. The SMILES string of the molecule is O=C(O)Nc1ccc(-c2cc(/C=C/c3ccccc3)n[nH]2)cc1. The maximum absolute atomic E-state index is 10.6. The maximum Gasteiger partial charge on any atom is 0.409 e. The molecule has 0 saturated carbocycles. The zero-order chi connectivity index (χ0) is 16.1. The van der Waals surface area contributed by atoms with Gasteiger partial charge < -0.3 is 5.11 Å². The van der Waals surface area contributed by atoms with E-state index in [1.165, 1.54) is 0 Å². The Morgan fingerprint density at radius 2 is 1.78 bits per heavy atom. The smallest absolute Gasteiger partial charge is 0.409 e. The highest BCUT2D eigenvalue weighted by atomic mass is 16.4. The number of amides is 1. The zero-order valence-electron chi connectivity index (χ0n) is 12.2. The van der Waals surface area contributed by atoms with Crippen LogP contribution in [0.15, 0.2) is 60.7 Å². The molecular formula is C18H15N3O2. The molecule has 3 rings (SSSR count). The Bertz CT molecular complexity index is 821. The van der Waals surface area contributed by atoms with Gasteiger partial charge in [-0.2, -0.15) is 5.10 Å². The van der Waals surface area contributed by atoms with Gasteiger partial charge in [-0.05, 0) is 35.4 Å². The van der Waals surface area contributed by atoms with Crippen LogP contribution in [0, 0.1) is 0 Å². The lowest BCUT2D eigenvalue weighted by atomic mass is 10.1. The summed E-state index contributed by atoms with van der Waals surface area (Å²) in [6.45, 7) is 0. The first-order valence-electron chi connectivity index (χ1n) is 7.10. The largest absolute Gasteiger partial charge is 0.465 e. The molecule has 0 aliphatic rings. The van der Waals surface area contributed by atoms with E-state index in [1.807, 2.05) is 60.7 Å². The van der Waals surface area contributed by atoms with Crippen LogP contribution in [0.25, 0.3) is 23.4 Å². The number of anilines is 1. The van der Waals surface area contributed by atoms with Gasteiger partial charge in [0.2, 0.25) is 0 Å². The first-order valence-corrected chi connectivity index (χ1v) is 7.10. The van der Waals surface area contributed by atoms with Crippen molar-refractivity contribution < 1.29 is 9.90 Å². The number of aromatic nitrogens is 2. The van der Waals surface area contributed by atoms with Crippen LogP contribution in [0.1, 0.15) is 11.3 Å². The lowest BCUT2D eigenvalue weighted by Gasteiger charge is -2.01. The van der Waals surface area contributed by atoms with Crippen LogP contribution in [-0.2, 0) is 0 Å². The molecule has 3 N–H and O–H groups in total. The Hall–Kier alpha value is -3.34. The Labute approximate surface area is 133 Å². The van der Waals surface area contributed by atoms with E-state index in [-0.39, 0.29) is 0 Å². The minimum atomic E-state index is -1.08. The number of nitrogens with one attached hydrogen (secondary N) is 2. The molecule has 2 aromatic carbocycles. The van der Waals surface area contributed by atoms with Crippen molar-refractivity contribution in [3.63, 3.8) is 0 Å². The molecule has 0 aliphatic carbocycles. The van der Waals surface area contributed by atoms with Crippen LogP contribution in [0.4, 0.5) is 10.5 Å². The summed E-state index contributed by atoms with van der Waals surface area (Å²) in [6.07, 6.45) is 2.86. The van der Waals surface area contributed by atoms with Gasteiger partial charge in [-0.1, -0.05) is 48.5 Å². The molecule has 0 aliphatic heterocycles. The number of H-pyrrole nitrogens is 1. The summed E-state index contributed by atoms with van der Waals surface area (Å²) < 4.78 is 0. The summed E-state index contributed by atoms with van der Waals surface area (Å²) in [5.74, 6) is 0. The minimum Gasteiger partial charge on any atom is -0.465 e. The van der Waals surface area contributed by atoms with Gasteiger partial charge in [0.05, 0.1) is 11.4 Å². The van der Waals surface area contributed by atoms with Crippen LogP contribution in [0.2, 0.25) is 0 Å². The summed E-state index contributed by atoms with van der Waals surface area (Å²) in [5, 5.41) is 18.2. The van der Waals surface area contributed by atoms with E-state index in [1.54, 1.807) is 12.1 Å². The molecule has 5 nitrogen and oxygen atoms in total. The van der Waals surface area contributed by atoms with E-state index in [0.717, 1.165) is 22.5 Å². The molecule has 0 spiro atoms. The molecule has 1 amide bonds. The number of rotatable bonds is 4. The second-order valence-corrected chi connectivity index (χ2v) is 4.96. The van der Waals surface area contributed by atoms with Gasteiger partial charge in [0, 0.05) is 5.69 Å². The third-order valence-electron chi connectivity index (χ3n) is 3.29. The standard InChI is InChI=1S/C18H15N3O2/c22-18(23)19-15-10-7-14(8-11-15)17-12-16(20-21-17)9-6-13-4-2-1-3-5-13/h1-12,19H,(H,20,21)(H,22,23)/b9-6+. The second kappa shape index (κ2) is 6.62. The zero-order valence-corrected chi connectivity index (χ0v) is 12.2. The van der Waals surface area contributed by atoms with Crippen molar-refractivity contribution in [1.29, 1.82) is 0 Å². The maximum atomic E-state index is 10.6. The molecule has 114 valence electrons. The van der Waals surface area contributed by atoms with E-state index >= 15 is 0 Å². The van der Waals surface area contributed by atoms with Crippen LogP contribution in [-0.4, -0.2) is 21.4 Å². The predicted octanol–water partition coefficient (Wildman–Crippen LogP) is 4.34. The highest BCUT2D eigenvalue weighted by Crippen LogP contribution is 2.21. The molecule has 1 aromatic heterocycles. The molecule has 5 heteroatoms. The van der Waals surface area contributed by atoms with Gasteiger partial charge in [-0.25, -0.2) is 4.79 Å². The van der Waals surface area contributed by atoms with Crippen molar-refractivity contribution in [3.05, 3.63) is 71.9 Å². The summed E-state index contributed by atoms with van der Waals surface area (Å²) in [4.78, 5) is 10.6. The average molecular weight is 305 g/mol. The Balaban J connectivity index is 1.74. The summed E-state index contributed by atoms with van der Waals surface area (Å²) in [6, 6.07) is 19.0. The van der Waals surface area contributed by atoms with Crippen LogP contribution in [0.3, 0.4) is 0 Å². The van der Waals surface area contributed by atoms with Crippen LogP contribution >= 0.6 is 0 Å². The van der Waals surface area contributed by atoms with E-state index in [4.69, 9.17) is 5.11 Å². The van der Waals surface area contributed by atoms with Gasteiger partial charge >= 0.3 is 6.09 Å². The summed E-state index contributed by atoms with van der Waals surface area (Å²) >= 11 is 0. The fraction of sp³-hybridized carbons (Fsp3) is 0. The number of hydrogen-bond acceptors (Lipinski definition) is 2. The van der Waals surface area contributed by atoms with Crippen LogP contribution in [0.5, 0.6) is 0 Å². The fourth-order valence-corrected chi connectivity index (χ4v) is 2.17. The van der Waals surface area contributed by atoms with Crippen molar-refractivity contribution in [3.8, 4) is 11.3 Å². The van der Waals surface area contributed by atoms with Gasteiger partial charge in [0.25, 0.3) is 0 Å². The summed E-state index contributed by atoms with van der Waals surface area (Å²) in [5.41, 5.74) is 4.29. The molecule has 0 bridgehead atoms. The van der Waals surface area contributed by atoms with Crippen molar-refractivity contribution in [2.75, 3.05) is 5.32 Å². The first-order chi connectivity index (χ1) is 11.2. The van der Waals surface area contributed by atoms with Crippen LogP contribution < -0.4 is 5.32 Å². The van der Waals surface area contributed by atoms with Crippen molar-refractivity contribution in [1.82, 2.24) is 10.2 Å². The monoisotopic (exact) mass is 305 g/mol. The quantitative estimate of drug-likeness (QED) is 0.671. The Morgan fingerprint density at radius 1 is 1.04 bits per heavy atom. The molecule has 0 saturated heterocycles. The van der Waals surface area contributed by atoms with E-state index < -0.39 is 6.09 Å². The third kappa shape index (κ3) is 3.85. The average Bonchev–Trinajstić information content (AvgIpc) is 3.03. The summed E-state index contributed by atoms with van der Waals surface area (Å²) in [7, 11) is 0. The minimum absolute atomic E-state index is 0.532. The van der Waals surface area contributed by atoms with Gasteiger partial charge in [-0.3, -0.25) is 10.4 Å². The Morgan fingerprint density at radius 3 is 2.48 bits per heavy atom. The number of carboxylic acid groups (broad SMARTS) is 1. The molecule has 0 atom stereocenters. The number of carbonyl (C=O) groups is 1. The number of nitrogens with zero attached hydrogens (tertiary/aromatic N) is 1. The number of hydrogen-bond donors (Lipinski definition) is 3. The first kappa shape index (κ1) is 14.6. The normalized spacial score (nSPS) is 10.8. The molecule has 0 unspecified atom stereocenters. The highest BCUT2D eigenvalue weighted by Gasteiger charge is 2.03. The van der Waals surface area contributed by atoms with Gasteiger partial charge in [0.1, 0.15) is 0 Å². The molecule has 3 aromatic rings. The Kier molecular flexibility index (Phi) is 4.20. The number of aromatic amines is 1. The third-order valence-corrected chi connectivity index (χ3v) is 3.29. The molecule has 0 fully saturated rings. The molecule has 23 heavy (non-hydrogen) atoms. The molecular weight excluding hydrogens is 290 g/mol. The van der Waals surface area contributed by atoms with Gasteiger partial charge in [-0.15, -0.1) is 0 Å². The predicted molar refractivity (Wildman–Crippen MR) is 91.0 cm³/mol. The lowest BCUT2D eigenvalue weighted by molar-refractivity contribution is 0.210. The fourth-order valence-electron chi connectivity index (χ4n) is 2.17. The lowest BCUT2D eigenvalue weighted by Crippen LogP contribution is -2.06. The molecule has 1 heterocycles. The highest BCUT2D eigenvalue weighted by molar-refractivity contribution is 5.83. The van der Waals surface area contributed by atoms with Crippen molar-refractivity contribution >= 4 is 23.9 Å². The van der Waals surface area contributed by atoms with Gasteiger partial charge in [0.15, 0.2) is 0 Å². The second-order valence-electron chi connectivity index (χ2n) is 4.96. The number of benzene rings is 2. The van der Waals surface area contributed by atoms with Crippen molar-refractivity contribution in [2.24, 2.45) is 0 Å². The topological polar surface area (TPSA) is 78.0 Å². The van der Waals surface area contributed by atoms with E-state index in [0.29, 0.717) is 5.69 Å². The van der Waals surface area contributed by atoms with Crippen molar-refractivity contribution in [2.45, 2.75) is 0 Å². The van der Waals surface area contributed by atoms with E-state index in [2.05, 4.69) is 15.5 Å². The van der Waals surface area contributed by atoms with E-state index in [9.17, 15) is 4.79 Å².